The second-order valence-electron chi connectivity index (χ2n) is 7.93. The Morgan fingerprint density at radius 1 is 1.14 bits per heavy atom. The standard InChI is InChI=1S/C23H32ClN3O2/c1-26(16-21-8-4-5-11-25-21)15-19-14-20(24)9-10-23(19)29-18-22(28)17-27-12-6-2-3-7-13-27/h4-5,8-11,14,22,28H,2-3,6-7,12-13,15-18H2,1H3/t22-/m0/s1. The molecule has 0 saturated carbocycles. The van der Waals surface area contributed by atoms with Crippen LogP contribution in [0.15, 0.2) is 42.6 Å². The molecule has 2 heterocycles. The van der Waals surface area contributed by atoms with E-state index in [1.807, 2.05) is 49.6 Å². The molecule has 158 valence electrons. The molecule has 0 radical (unpaired) electrons. The molecule has 2 aromatic rings. The summed E-state index contributed by atoms with van der Waals surface area (Å²) in [6.45, 7) is 4.53. The minimum Gasteiger partial charge on any atom is -0.491 e. The van der Waals surface area contributed by atoms with Gasteiger partial charge in [0.2, 0.25) is 0 Å². The number of pyridine rings is 1. The molecule has 1 N–H and O–H groups in total. The number of halogens is 1. The van der Waals surface area contributed by atoms with E-state index in [1.54, 1.807) is 0 Å². The highest BCUT2D eigenvalue weighted by molar-refractivity contribution is 6.30. The molecule has 1 fully saturated rings. The number of aromatic nitrogens is 1. The van der Waals surface area contributed by atoms with Gasteiger partial charge in [-0.25, -0.2) is 0 Å². The molecule has 29 heavy (non-hydrogen) atoms. The Kier molecular flexibility index (Phi) is 8.74. The smallest absolute Gasteiger partial charge is 0.124 e. The fraction of sp³-hybridized carbons (Fsp3) is 0.522. The summed E-state index contributed by atoms with van der Waals surface area (Å²) in [5.74, 6) is 0.775. The van der Waals surface area contributed by atoms with E-state index in [1.165, 1.54) is 25.7 Å². The summed E-state index contributed by atoms with van der Waals surface area (Å²) in [5.41, 5.74) is 2.03. The van der Waals surface area contributed by atoms with Crippen molar-refractivity contribution in [2.75, 3.05) is 33.3 Å². The van der Waals surface area contributed by atoms with Gasteiger partial charge in [0.15, 0.2) is 0 Å². The molecule has 0 bridgehead atoms. The van der Waals surface area contributed by atoms with Gasteiger partial charge in [-0.1, -0.05) is 30.5 Å². The summed E-state index contributed by atoms with van der Waals surface area (Å²) in [6, 6.07) is 11.6. The molecule has 1 aliphatic heterocycles. The van der Waals surface area contributed by atoms with E-state index in [9.17, 15) is 5.11 Å². The summed E-state index contributed by atoms with van der Waals surface area (Å²) in [5, 5.41) is 11.1. The number of β-amino-alcohol motifs (C(OH)–C–C–N with tert-alkyl or cyclic N) is 1. The molecule has 0 unspecified atom stereocenters. The number of benzene rings is 1. The average molecular weight is 418 g/mol. The maximum absolute atomic E-state index is 10.5. The Morgan fingerprint density at radius 3 is 2.66 bits per heavy atom. The molecule has 0 amide bonds. The number of ether oxygens (including phenoxy) is 1. The Labute approximate surface area is 179 Å². The van der Waals surface area contributed by atoms with Crippen molar-refractivity contribution in [2.45, 2.75) is 44.9 Å². The number of hydrogen-bond acceptors (Lipinski definition) is 5. The lowest BCUT2D eigenvalue weighted by Crippen LogP contribution is -2.36. The van der Waals surface area contributed by atoms with Gasteiger partial charge in [0.05, 0.1) is 5.69 Å². The molecule has 1 atom stereocenters. The third-order valence-electron chi connectivity index (χ3n) is 5.22. The third kappa shape index (κ3) is 7.59. The van der Waals surface area contributed by atoms with Crippen LogP contribution in [0.2, 0.25) is 5.02 Å². The number of aliphatic hydroxyl groups excluding tert-OH is 1. The fourth-order valence-corrected chi connectivity index (χ4v) is 3.98. The topological polar surface area (TPSA) is 48.8 Å². The predicted molar refractivity (Wildman–Crippen MR) is 117 cm³/mol. The van der Waals surface area contributed by atoms with Gasteiger partial charge in [0.1, 0.15) is 18.5 Å². The monoisotopic (exact) mass is 417 g/mol. The molecule has 0 spiro atoms. The third-order valence-corrected chi connectivity index (χ3v) is 5.45. The van der Waals surface area contributed by atoms with Crippen LogP contribution < -0.4 is 4.74 Å². The zero-order valence-electron chi connectivity index (χ0n) is 17.3. The van der Waals surface area contributed by atoms with Crippen LogP contribution >= 0.6 is 11.6 Å². The quantitative estimate of drug-likeness (QED) is 0.668. The zero-order valence-corrected chi connectivity index (χ0v) is 18.0. The fourth-order valence-electron chi connectivity index (χ4n) is 3.78. The zero-order chi connectivity index (χ0) is 20.5. The first kappa shape index (κ1) is 22.0. The molecule has 1 aromatic carbocycles. The summed E-state index contributed by atoms with van der Waals surface area (Å²) < 4.78 is 6.00. The molecule has 5 nitrogen and oxygen atoms in total. The summed E-state index contributed by atoms with van der Waals surface area (Å²) in [7, 11) is 2.05. The predicted octanol–water partition coefficient (Wildman–Crippen LogP) is 3.98. The largest absolute Gasteiger partial charge is 0.491 e. The van der Waals surface area contributed by atoms with Crippen molar-refractivity contribution in [2.24, 2.45) is 0 Å². The number of likely N-dealkylation sites (tertiary alicyclic amines) is 1. The summed E-state index contributed by atoms with van der Waals surface area (Å²) >= 11 is 6.22. The van der Waals surface area contributed by atoms with Crippen molar-refractivity contribution in [3.63, 3.8) is 0 Å². The average Bonchev–Trinajstić information content (AvgIpc) is 2.97. The highest BCUT2D eigenvalue weighted by Crippen LogP contribution is 2.25. The van der Waals surface area contributed by atoms with Crippen LogP contribution in [0.25, 0.3) is 0 Å². The van der Waals surface area contributed by atoms with Gasteiger partial charge in [-0.2, -0.15) is 0 Å². The summed E-state index contributed by atoms with van der Waals surface area (Å²) in [6.07, 6.45) is 6.34. The number of rotatable bonds is 9. The molecule has 1 saturated heterocycles. The van der Waals surface area contributed by atoms with Crippen molar-refractivity contribution in [3.8, 4) is 5.75 Å². The minimum absolute atomic E-state index is 0.287. The van der Waals surface area contributed by atoms with Gasteiger partial charge in [0, 0.05) is 36.4 Å². The van der Waals surface area contributed by atoms with Gasteiger partial charge < -0.3 is 14.7 Å². The van der Waals surface area contributed by atoms with Gasteiger partial charge in [-0.15, -0.1) is 0 Å². The van der Waals surface area contributed by atoms with Crippen LogP contribution in [0.4, 0.5) is 0 Å². The van der Waals surface area contributed by atoms with Gasteiger partial charge in [-0.3, -0.25) is 9.88 Å². The van der Waals surface area contributed by atoms with E-state index >= 15 is 0 Å². The molecule has 6 heteroatoms. The van der Waals surface area contributed by atoms with Crippen LogP contribution in [-0.2, 0) is 13.1 Å². The van der Waals surface area contributed by atoms with Gasteiger partial charge >= 0.3 is 0 Å². The second kappa shape index (κ2) is 11.5. The Balaban J connectivity index is 1.54. The molecular formula is C23H32ClN3O2. The van der Waals surface area contributed by atoms with Crippen LogP contribution in [0.1, 0.15) is 36.9 Å². The molecule has 3 rings (SSSR count). The maximum atomic E-state index is 10.5. The van der Waals surface area contributed by atoms with Crippen LogP contribution in [0.3, 0.4) is 0 Å². The lowest BCUT2D eigenvalue weighted by Gasteiger charge is -2.24. The lowest BCUT2D eigenvalue weighted by molar-refractivity contribution is 0.0687. The van der Waals surface area contributed by atoms with Crippen molar-refractivity contribution < 1.29 is 9.84 Å². The maximum Gasteiger partial charge on any atom is 0.124 e. The van der Waals surface area contributed by atoms with Crippen molar-refractivity contribution in [1.82, 2.24) is 14.8 Å². The van der Waals surface area contributed by atoms with Crippen molar-refractivity contribution in [3.05, 3.63) is 58.9 Å². The van der Waals surface area contributed by atoms with Crippen molar-refractivity contribution >= 4 is 11.6 Å². The minimum atomic E-state index is -0.497. The van der Waals surface area contributed by atoms with Gasteiger partial charge in [0.25, 0.3) is 0 Å². The molecule has 0 aliphatic carbocycles. The highest BCUT2D eigenvalue weighted by Gasteiger charge is 2.16. The first-order valence-electron chi connectivity index (χ1n) is 10.5. The van der Waals surface area contributed by atoms with Crippen molar-refractivity contribution in [1.29, 1.82) is 0 Å². The molecular weight excluding hydrogens is 386 g/mol. The first-order chi connectivity index (χ1) is 14.1. The summed E-state index contributed by atoms with van der Waals surface area (Å²) in [4.78, 5) is 8.91. The second-order valence-corrected chi connectivity index (χ2v) is 8.36. The number of hydrogen-bond donors (Lipinski definition) is 1. The Morgan fingerprint density at radius 2 is 1.93 bits per heavy atom. The van der Waals surface area contributed by atoms with Crippen LogP contribution in [0, 0.1) is 0 Å². The lowest BCUT2D eigenvalue weighted by atomic mass is 10.2. The van der Waals surface area contributed by atoms with E-state index in [-0.39, 0.29) is 6.61 Å². The molecule has 1 aromatic heterocycles. The highest BCUT2D eigenvalue weighted by atomic mass is 35.5. The van der Waals surface area contributed by atoms with E-state index < -0.39 is 6.10 Å². The van der Waals surface area contributed by atoms with Crippen LogP contribution in [0.5, 0.6) is 5.75 Å². The number of nitrogens with zero attached hydrogens (tertiary/aromatic N) is 3. The van der Waals surface area contributed by atoms with E-state index in [2.05, 4.69) is 14.8 Å². The van der Waals surface area contributed by atoms with Crippen LogP contribution in [-0.4, -0.2) is 59.3 Å². The molecule has 1 aliphatic rings. The number of aliphatic hydroxyl groups is 1. The normalized spacial score (nSPS) is 16.6. The first-order valence-corrected chi connectivity index (χ1v) is 10.9. The van der Waals surface area contributed by atoms with E-state index in [0.717, 1.165) is 36.6 Å². The van der Waals surface area contributed by atoms with Gasteiger partial charge in [-0.05, 0) is 63.3 Å². The van der Waals surface area contributed by atoms with E-state index in [0.29, 0.717) is 18.1 Å². The SMILES string of the molecule is CN(Cc1ccccn1)Cc1cc(Cl)ccc1OC[C@@H](O)CN1CCCCCC1. The van der Waals surface area contributed by atoms with E-state index in [4.69, 9.17) is 16.3 Å². The Bertz CT molecular complexity index is 736. The Hall–Kier alpha value is -1.66.